The molecule has 4 nitrogen and oxygen atoms in total. The molecule has 0 bridgehead atoms. The maximum atomic E-state index is 13.6. The van der Waals surface area contributed by atoms with Crippen molar-refractivity contribution in [1.29, 1.82) is 0 Å². The first-order valence-corrected chi connectivity index (χ1v) is 6.31. The van der Waals surface area contributed by atoms with E-state index in [4.69, 9.17) is 0 Å². The number of carbonyl (C=O) groups excluding carboxylic acids is 2. The van der Waals surface area contributed by atoms with Gasteiger partial charge in [-0.3, -0.25) is 9.59 Å². The van der Waals surface area contributed by atoms with Crippen LogP contribution < -0.4 is 10.2 Å². The molecule has 18 heavy (non-hydrogen) atoms. The smallest absolute Gasteiger partial charge is 0.246 e. The fraction of sp³-hybridized carbons (Fsp3) is 0.333. The van der Waals surface area contributed by atoms with Gasteiger partial charge in [0.05, 0.1) is 11.0 Å². The quantitative estimate of drug-likeness (QED) is 0.858. The van der Waals surface area contributed by atoms with Crippen molar-refractivity contribution >= 4 is 33.4 Å². The standard InChI is InChI=1S/C12H12BrFN2O2/c1-7-4-8(13)9(14)5-10(7)16-3-2-11(17)15-6-12(16)18/h4-5H,2-3,6H2,1H3,(H,15,17). The number of benzene rings is 1. The van der Waals surface area contributed by atoms with Gasteiger partial charge in [0.1, 0.15) is 5.82 Å². The van der Waals surface area contributed by atoms with E-state index in [1.807, 2.05) is 0 Å². The van der Waals surface area contributed by atoms with Crippen LogP contribution in [0.5, 0.6) is 0 Å². The van der Waals surface area contributed by atoms with E-state index in [1.54, 1.807) is 13.0 Å². The molecule has 0 spiro atoms. The lowest BCUT2D eigenvalue weighted by Gasteiger charge is -2.22. The molecule has 2 amide bonds. The van der Waals surface area contributed by atoms with Crippen LogP contribution >= 0.6 is 15.9 Å². The van der Waals surface area contributed by atoms with E-state index < -0.39 is 5.82 Å². The first-order valence-electron chi connectivity index (χ1n) is 5.52. The van der Waals surface area contributed by atoms with Crippen LogP contribution in [0.15, 0.2) is 16.6 Å². The van der Waals surface area contributed by atoms with Crippen molar-refractivity contribution in [3.05, 3.63) is 28.0 Å². The largest absolute Gasteiger partial charge is 0.347 e. The molecule has 0 saturated carbocycles. The average Bonchev–Trinajstić information content (AvgIpc) is 2.47. The third-order valence-corrected chi connectivity index (χ3v) is 3.44. The summed E-state index contributed by atoms with van der Waals surface area (Å²) in [6, 6.07) is 2.94. The van der Waals surface area contributed by atoms with Crippen molar-refractivity contribution < 1.29 is 14.0 Å². The Morgan fingerprint density at radius 2 is 2.11 bits per heavy atom. The monoisotopic (exact) mass is 314 g/mol. The van der Waals surface area contributed by atoms with Crippen LogP contribution in [0.3, 0.4) is 0 Å². The minimum atomic E-state index is -0.424. The van der Waals surface area contributed by atoms with Crippen molar-refractivity contribution in [3.63, 3.8) is 0 Å². The van der Waals surface area contributed by atoms with Gasteiger partial charge in [-0.2, -0.15) is 0 Å². The number of amides is 2. The van der Waals surface area contributed by atoms with Crippen molar-refractivity contribution in [1.82, 2.24) is 5.32 Å². The summed E-state index contributed by atoms with van der Waals surface area (Å²) < 4.78 is 13.9. The first-order chi connectivity index (χ1) is 8.49. The predicted octanol–water partition coefficient (Wildman–Crippen LogP) is 1.75. The second-order valence-corrected chi connectivity index (χ2v) is 4.98. The van der Waals surface area contributed by atoms with Gasteiger partial charge in [-0.1, -0.05) is 0 Å². The summed E-state index contributed by atoms with van der Waals surface area (Å²) in [4.78, 5) is 24.6. The van der Waals surface area contributed by atoms with Gasteiger partial charge in [-0.25, -0.2) is 4.39 Å². The summed E-state index contributed by atoms with van der Waals surface area (Å²) in [5.41, 5.74) is 1.29. The van der Waals surface area contributed by atoms with Gasteiger partial charge >= 0.3 is 0 Å². The molecular formula is C12H12BrFN2O2. The molecule has 6 heteroatoms. The van der Waals surface area contributed by atoms with Crippen LogP contribution in [0.1, 0.15) is 12.0 Å². The van der Waals surface area contributed by atoms with Crippen LogP contribution in [-0.4, -0.2) is 24.9 Å². The van der Waals surface area contributed by atoms with Crippen LogP contribution in [0.25, 0.3) is 0 Å². The summed E-state index contributed by atoms with van der Waals surface area (Å²) in [6.07, 6.45) is 0.225. The van der Waals surface area contributed by atoms with Crippen LogP contribution in [0.4, 0.5) is 10.1 Å². The van der Waals surface area contributed by atoms with E-state index in [1.165, 1.54) is 11.0 Å². The predicted molar refractivity (Wildman–Crippen MR) is 68.8 cm³/mol. The number of anilines is 1. The SMILES string of the molecule is Cc1cc(Br)c(F)cc1N1CCC(=O)NCC1=O. The minimum Gasteiger partial charge on any atom is -0.347 e. The Bertz CT molecular complexity index is 519. The number of rotatable bonds is 1. The van der Waals surface area contributed by atoms with Gasteiger partial charge in [0.2, 0.25) is 11.8 Å². The number of carbonyl (C=O) groups is 2. The first kappa shape index (κ1) is 13.0. The summed E-state index contributed by atoms with van der Waals surface area (Å²) in [6.45, 7) is 2.02. The van der Waals surface area contributed by atoms with Gasteiger partial charge in [0, 0.05) is 18.7 Å². The highest BCUT2D eigenvalue weighted by Gasteiger charge is 2.23. The average molecular weight is 315 g/mol. The molecule has 1 aliphatic rings. The van der Waals surface area contributed by atoms with Crippen molar-refractivity contribution in [2.24, 2.45) is 0 Å². The fourth-order valence-electron chi connectivity index (χ4n) is 1.88. The van der Waals surface area contributed by atoms with E-state index >= 15 is 0 Å². The third kappa shape index (κ3) is 2.53. The molecule has 0 aliphatic carbocycles. The van der Waals surface area contributed by atoms with E-state index in [2.05, 4.69) is 21.2 Å². The van der Waals surface area contributed by atoms with E-state index in [9.17, 15) is 14.0 Å². The molecule has 1 aromatic rings. The Morgan fingerprint density at radius 1 is 1.39 bits per heavy atom. The molecule has 1 aromatic carbocycles. The van der Waals surface area contributed by atoms with E-state index in [0.29, 0.717) is 10.2 Å². The molecule has 1 fully saturated rings. The summed E-state index contributed by atoms with van der Waals surface area (Å²) in [7, 11) is 0. The molecule has 96 valence electrons. The highest BCUT2D eigenvalue weighted by molar-refractivity contribution is 9.10. The highest BCUT2D eigenvalue weighted by Crippen LogP contribution is 2.27. The lowest BCUT2D eigenvalue weighted by molar-refractivity contribution is -0.123. The summed E-state index contributed by atoms with van der Waals surface area (Å²) in [5, 5.41) is 2.51. The zero-order valence-corrected chi connectivity index (χ0v) is 11.4. The Hall–Kier alpha value is -1.43. The van der Waals surface area contributed by atoms with Crippen LogP contribution in [0.2, 0.25) is 0 Å². The number of nitrogens with one attached hydrogen (secondary N) is 1. The van der Waals surface area contributed by atoms with Gasteiger partial charge < -0.3 is 10.2 Å². The van der Waals surface area contributed by atoms with Gasteiger partial charge in [0.25, 0.3) is 0 Å². The van der Waals surface area contributed by atoms with Gasteiger partial charge in [-0.15, -0.1) is 0 Å². The maximum absolute atomic E-state index is 13.6. The minimum absolute atomic E-state index is 0.0457. The number of hydrogen-bond acceptors (Lipinski definition) is 2. The molecule has 1 aliphatic heterocycles. The molecule has 1 heterocycles. The van der Waals surface area contributed by atoms with Crippen LogP contribution in [-0.2, 0) is 9.59 Å². The molecule has 2 rings (SSSR count). The Balaban J connectivity index is 2.38. The van der Waals surface area contributed by atoms with Crippen molar-refractivity contribution in [2.75, 3.05) is 18.0 Å². The van der Waals surface area contributed by atoms with Gasteiger partial charge in [0.15, 0.2) is 0 Å². The third-order valence-electron chi connectivity index (χ3n) is 2.83. The van der Waals surface area contributed by atoms with Crippen molar-refractivity contribution in [3.8, 4) is 0 Å². The maximum Gasteiger partial charge on any atom is 0.246 e. The van der Waals surface area contributed by atoms with E-state index in [0.717, 1.165) is 5.56 Å². The lowest BCUT2D eigenvalue weighted by atomic mass is 10.1. The highest BCUT2D eigenvalue weighted by atomic mass is 79.9. The van der Waals surface area contributed by atoms with Crippen molar-refractivity contribution in [2.45, 2.75) is 13.3 Å². The number of aryl methyl sites for hydroxylation is 1. The normalized spacial score (nSPS) is 16.5. The fourth-order valence-corrected chi connectivity index (χ4v) is 2.34. The Kier molecular flexibility index (Phi) is 3.65. The molecule has 1 N–H and O–H groups in total. The zero-order valence-electron chi connectivity index (χ0n) is 9.80. The number of nitrogens with zero attached hydrogens (tertiary/aromatic N) is 1. The summed E-state index contributed by atoms with van der Waals surface area (Å²) in [5.74, 6) is -0.821. The molecule has 1 saturated heterocycles. The molecule has 0 aromatic heterocycles. The molecule has 0 atom stereocenters. The topological polar surface area (TPSA) is 49.4 Å². The van der Waals surface area contributed by atoms with Gasteiger partial charge in [-0.05, 0) is 40.5 Å². The molecule has 0 unspecified atom stereocenters. The number of hydrogen-bond donors (Lipinski definition) is 1. The molecular weight excluding hydrogens is 303 g/mol. The summed E-state index contributed by atoms with van der Waals surface area (Å²) >= 11 is 3.10. The van der Waals surface area contributed by atoms with E-state index in [-0.39, 0.29) is 31.3 Å². The Morgan fingerprint density at radius 3 is 2.83 bits per heavy atom. The zero-order chi connectivity index (χ0) is 13.3. The Labute approximate surface area is 112 Å². The van der Waals surface area contributed by atoms with Crippen LogP contribution in [0, 0.1) is 12.7 Å². The second kappa shape index (κ2) is 5.06. The second-order valence-electron chi connectivity index (χ2n) is 4.12. The molecule has 0 radical (unpaired) electrons. The lowest BCUT2D eigenvalue weighted by Crippen LogP contribution is -2.35. The number of halogens is 2.